The van der Waals surface area contributed by atoms with Gasteiger partial charge >= 0.3 is 0 Å². The summed E-state index contributed by atoms with van der Waals surface area (Å²) >= 11 is 0. The number of hydrogen-bond acceptors (Lipinski definition) is 2. The topological polar surface area (TPSA) is 21.3 Å². The van der Waals surface area contributed by atoms with Crippen molar-refractivity contribution in [3.05, 3.63) is 0 Å². The molecular weight excluding hydrogens is 186 g/mol. The predicted molar refractivity (Wildman–Crippen MR) is 62.9 cm³/mol. The van der Waals surface area contributed by atoms with Crippen LogP contribution in [0.15, 0.2) is 0 Å². The van der Waals surface area contributed by atoms with E-state index in [0.717, 1.165) is 24.5 Å². The Kier molecular flexibility index (Phi) is 4.04. The van der Waals surface area contributed by atoms with Gasteiger partial charge in [0.05, 0.1) is 6.10 Å². The minimum Gasteiger partial charge on any atom is -0.378 e. The lowest BCUT2D eigenvalue weighted by molar-refractivity contribution is 0.0863. The van der Waals surface area contributed by atoms with E-state index in [1.165, 1.54) is 38.6 Å². The summed E-state index contributed by atoms with van der Waals surface area (Å²) in [6.45, 7) is 6.77. The van der Waals surface area contributed by atoms with Gasteiger partial charge in [0.25, 0.3) is 0 Å². The first-order chi connectivity index (χ1) is 7.31. The first-order valence-corrected chi connectivity index (χ1v) is 6.66. The molecule has 2 fully saturated rings. The van der Waals surface area contributed by atoms with Crippen molar-refractivity contribution in [1.82, 2.24) is 5.32 Å². The summed E-state index contributed by atoms with van der Waals surface area (Å²) in [5.74, 6) is 1.65. The predicted octanol–water partition coefficient (Wildman–Crippen LogP) is 2.58. The molecule has 2 heteroatoms. The average Bonchev–Trinajstić information content (AvgIpc) is 2.83. The van der Waals surface area contributed by atoms with E-state index in [2.05, 4.69) is 19.2 Å². The molecule has 0 aromatic carbocycles. The third kappa shape index (κ3) is 2.73. The molecule has 2 nitrogen and oxygen atoms in total. The van der Waals surface area contributed by atoms with Crippen molar-refractivity contribution < 1.29 is 4.74 Å². The zero-order chi connectivity index (χ0) is 10.7. The van der Waals surface area contributed by atoms with E-state index in [1.807, 2.05) is 0 Å². The lowest BCUT2D eigenvalue weighted by Gasteiger charge is -2.22. The molecule has 0 bridgehead atoms. The van der Waals surface area contributed by atoms with Gasteiger partial charge in [-0.25, -0.2) is 0 Å². The zero-order valence-electron chi connectivity index (χ0n) is 10.2. The van der Waals surface area contributed by atoms with Crippen molar-refractivity contribution in [3.8, 4) is 0 Å². The summed E-state index contributed by atoms with van der Waals surface area (Å²) in [4.78, 5) is 0. The fourth-order valence-electron chi connectivity index (χ4n) is 3.13. The van der Waals surface area contributed by atoms with Crippen molar-refractivity contribution in [3.63, 3.8) is 0 Å². The van der Waals surface area contributed by atoms with Crippen LogP contribution in [0.5, 0.6) is 0 Å². The summed E-state index contributed by atoms with van der Waals surface area (Å²) in [5, 5.41) is 3.76. The van der Waals surface area contributed by atoms with Crippen molar-refractivity contribution in [2.75, 3.05) is 13.2 Å². The van der Waals surface area contributed by atoms with E-state index in [9.17, 15) is 0 Å². The van der Waals surface area contributed by atoms with Crippen molar-refractivity contribution in [2.45, 2.75) is 58.1 Å². The van der Waals surface area contributed by atoms with Gasteiger partial charge in [-0.2, -0.15) is 0 Å². The maximum atomic E-state index is 5.72. The quantitative estimate of drug-likeness (QED) is 0.771. The minimum atomic E-state index is 0.522. The lowest BCUT2D eigenvalue weighted by atomic mass is 9.98. The third-order valence-corrected chi connectivity index (χ3v) is 4.25. The van der Waals surface area contributed by atoms with Gasteiger partial charge in [0.15, 0.2) is 0 Å². The fraction of sp³-hybridized carbons (Fsp3) is 1.00. The minimum absolute atomic E-state index is 0.522. The second-order valence-electron chi connectivity index (χ2n) is 5.29. The molecular formula is C13H25NO. The molecule has 0 aromatic heterocycles. The van der Waals surface area contributed by atoms with E-state index >= 15 is 0 Å². The van der Waals surface area contributed by atoms with Crippen molar-refractivity contribution >= 4 is 0 Å². The highest BCUT2D eigenvalue weighted by atomic mass is 16.5. The van der Waals surface area contributed by atoms with Gasteiger partial charge in [-0.1, -0.05) is 20.3 Å². The molecule has 4 atom stereocenters. The Morgan fingerprint density at radius 1 is 1.27 bits per heavy atom. The van der Waals surface area contributed by atoms with Crippen LogP contribution in [0.25, 0.3) is 0 Å². The Morgan fingerprint density at radius 2 is 2.13 bits per heavy atom. The standard InChI is InChI=1S/C13H25NO/c1-3-13-11(7-8-15-13)9-14-12-6-4-5-10(12)2/h10-14H,3-9H2,1-2H3. The molecule has 0 aromatic rings. The first-order valence-electron chi connectivity index (χ1n) is 6.66. The molecule has 4 unspecified atom stereocenters. The number of hydrogen-bond donors (Lipinski definition) is 1. The second-order valence-corrected chi connectivity index (χ2v) is 5.29. The van der Waals surface area contributed by atoms with Crippen LogP contribution >= 0.6 is 0 Å². The molecule has 1 heterocycles. The lowest BCUT2D eigenvalue weighted by Crippen LogP contribution is -2.37. The van der Waals surface area contributed by atoms with Gasteiger partial charge in [0.1, 0.15) is 0 Å². The van der Waals surface area contributed by atoms with Gasteiger partial charge < -0.3 is 10.1 Å². The zero-order valence-corrected chi connectivity index (χ0v) is 10.2. The Bertz CT molecular complexity index is 195. The summed E-state index contributed by atoms with van der Waals surface area (Å²) < 4.78 is 5.72. The highest BCUT2D eigenvalue weighted by molar-refractivity contribution is 4.83. The molecule has 88 valence electrons. The van der Waals surface area contributed by atoms with Gasteiger partial charge in [0, 0.05) is 19.2 Å². The summed E-state index contributed by atoms with van der Waals surface area (Å²) in [6, 6.07) is 0.781. The van der Waals surface area contributed by atoms with Crippen LogP contribution in [0.2, 0.25) is 0 Å². The smallest absolute Gasteiger partial charge is 0.0613 e. The molecule has 2 rings (SSSR count). The molecule has 1 aliphatic carbocycles. The van der Waals surface area contributed by atoms with E-state index < -0.39 is 0 Å². The van der Waals surface area contributed by atoms with Crippen LogP contribution in [0, 0.1) is 11.8 Å². The Hall–Kier alpha value is -0.0800. The summed E-state index contributed by atoms with van der Waals surface area (Å²) in [5.41, 5.74) is 0. The molecule has 1 N–H and O–H groups in total. The van der Waals surface area contributed by atoms with E-state index in [-0.39, 0.29) is 0 Å². The summed E-state index contributed by atoms with van der Waals surface area (Å²) in [7, 11) is 0. The highest BCUT2D eigenvalue weighted by Gasteiger charge is 2.29. The van der Waals surface area contributed by atoms with Crippen molar-refractivity contribution in [1.29, 1.82) is 0 Å². The Morgan fingerprint density at radius 3 is 2.80 bits per heavy atom. The highest BCUT2D eigenvalue weighted by Crippen LogP contribution is 2.27. The molecule has 0 amide bonds. The molecule has 2 aliphatic rings. The van der Waals surface area contributed by atoms with Gasteiger partial charge in [-0.3, -0.25) is 0 Å². The molecule has 15 heavy (non-hydrogen) atoms. The van der Waals surface area contributed by atoms with Gasteiger partial charge in [-0.15, -0.1) is 0 Å². The summed E-state index contributed by atoms with van der Waals surface area (Å²) in [6.07, 6.45) is 7.16. The van der Waals surface area contributed by atoms with E-state index in [1.54, 1.807) is 0 Å². The Balaban J connectivity index is 1.72. The molecule has 0 radical (unpaired) electrons. The molecule has 1 saturated heterocycles. The van der Waals surface area contributed by atoms with Crippen LogP contribution in [0.4, 0.5) is 0 Å². The average molecular weight is 211 g/mol. The van der Waals surface area contributed by atoms with Crippen LogP contribution in [-0.4, -0.2) is 25.3 Å². The van der Waals surface area contributed by atoms with E-state index in [4.69, 9.17) is 4.74 Å². The monoisotopic (exact) mass is 211 g/mol. The van der Waals surface area contributed by atoms with Gasteiger partial charge in [-0.05, 0) is 37.5 Å². The SMILES string of the molecule is CCC1OCCC1CNC1CCCC1C. The van der Waals surface area contributed by atoms with E-state index in [0.29, 0.717) is 6.10 Å². The maximum Gasteiger partial charge on any atom is 0.0613 e. The third-order valence-electron chi connectivity index (χ3n) is 4.25. The van der Waals surface area contributed by atoms with Crippen LogP contribution in [0.1, 0.15) is 46.0 Å². The molecule has 1 aliphatic heterocycles. The van der Waals surface area contributed by atoms with Crippen LogP contribution in [-0.2, 0) is 4.74 Å². The maximum absolute atomic E-state index is 5.72. The van der Waals surface area contributed by atoms with Gasteiger partial charge in [0.2, 0.25) is 0 Å². The second kappa shape index (κ2) is 5.31. The Labute approximate surface area is 93.8 Å². The van der Waals surface area contributed by atoms with Crippen LogP contribution < -0.4 is 5.32 Å². The molecule has 0 spiro atoms. The van der Waals surface area contributed by atoms with Crippen molar-refractivity contribution in [2.24, 2.45) is 11.8 Å². The number of ether oxygens (including phenoxy) is 1. The fourth-order valence-corrected chi connectivity index (χ4v) is 3.13. The first kappa shape index (κ1) is 11.4. The normalized spacial score (nSPS) is 41.2. The molecule has 1 saturated carbocycles. The number of rotatable bonds is 4. The van der Waals surface area contributed by atoms with Crippen LogP contribution in [0.3, 0.4) is 0 Å². The number of nitrogens with one attached hydrogen (secondary N) is 1. The largest absolute Gasteiger partial charge is 0.378 e.